The second kappa shape index (κ2) is 7.09. The Kier molecular flexibility index (Phi) is 4.63. The van der Waals surface area contributed by atoms with Crippen molar-refractivity contribution in [2.75, 3.05) is 13.1 Å². The number of piperidine rings is 1. The Morgan fingerprint density at radius 3 is 2.93 bits per heavy atom. The Hall–Kier alpha value is -2.77. The van der Waals surface area contributed by atoms with Gasteiger partial charge in [0.1, 0.15) is 5.69 Å². The lowest BCUT2D eigenvalue weighted by atomic mass is 10.0. The first-order chi connectivity index (χ1) is 13.0. The molecule has 3 aromatic rings. The molecule has 1 fully saturated rings. The number of aliphatic hydroxyl groups is 1. The highest BCUT2D eigenvalue weighted by Gasteiger charge is 2.18. The van der Waals surface area contributed by atoms with Crippen LogP contribution in [-0.4, -0.2) is 49.9 Å². The number of primary amides is 1. The molecular formula is C20H23N5O2. The van der Waals surface area contributed by atoms with E-state index in [0.29, 0.717) is 6.54 Å². The summed E-state index contributed by atoms with van der Waals surface area (Å²) in [4.78, 5) is 18.5. The van der Waals surface area contributed by atoms with Gasteiger partial charge in [-0.05, 0) is 42.6 Å². The van der Waals surface area contributed by atoms with Crippen LogP contribution in [0.1, 0.15) is 28.9 Å². The van der Waals surface area contributed by atoms with Crippen molar-refractivity contribution in [1.29, 1.82) is 0 Å². The normalized spacial score (nSPS) is 18.1. The number of hydrogen-bond acceptors (Lipinski definition) is 5. The molecule has 7 heteroatoms. The fraction of sp³-hybridized carbons (Fsp3) is 0.350. The standard InChI is InChI=1S/C20H23N5O2/c1-24-11-14(9-22-24)17-8-19(20(21)27)23-18-7-13(4-5-16(17)18)10-25-6-2-3-15(26)12-25/h4-5,7-9,11,15,26H,2-3,6,10,12H2,1H3,(H2,21,27)/t15-/m0/s1. The van der Waals surface area contributed by atoms with Gasteiger partial charge in [0, 0.05) is 37.3 Å². The summed E-state index contributed by atoms with van der Waals surface area (Å²) in [6, 6.07) is 7.84. The molecule has 2 aromatic heterocycles. The number of aryl methyl sites for hydroxylation is 1. The monoisotopic (exact) mass is 365 g/mol. The third-order valence-corrected chi connectivity index (χ3v) is 5.03. The van der Waals surface area contributed by atoms with E-state index < -0.39 is 5.91 Å². The lowest BCUT2D eigenvalue weighted by Crippen LogP contribution is -2.37. The van der Waals surface area contributed by atoms with Crippen molar-refractivity contribution in [3.8, 4) is 11.1 Å². The zero-order chi connectivity index (χ0) is 19.0. The molecule has 0 saturated carbocycles. The second-order valence-electron chi connectivity index (χ2n) is 7.20. The van der Waals surface area contributed by atoms with Gasteiger partial charge in [-0.1, -0.05) is 12.1 Å². The first kappa shape index (κ1) is 17.6. The Balaban J connectivity index is 1.75. The molecule has 1 saturated heterocycles. The number of fused-ring (bicyclic) bond motifs is 1. The van der Waals surface area contributed by atoms with Crippen LogP contribution in [0.25, 0.3) is 22.0 Å². The zero-order valence-corrected chi connectivity index (χ0v) is 15.3. The maximum absolute atomic E-state index is 11.8. The fourth-order valence-electron chi connectivity index (χ4n) is 3.73. The van der Waals surface area contributed by atoms with Crippen molar-refractivity contribution in [1.82, 2.24) is 19.7 Å². The van der Waals surface area contributed by atoms with Crippen molar-refractivity contribution in [3.05, 3.63) is 47.9 Å². The van der Waals surface area contributed by atoms with Crippen molar-refractivity contribution >= 4 is 16.8 Å². The van der Waals surface area contributed by atoms with Crippen molar-refractivity contribution < 1.29 is 9.90 Å². The lowest BCUT2D eigenvalue weighted by molar-refractivity contribution is 0.0668. The van der Waals surface area contributed by atoms with E-state index in [1.54, 1.807) is 16.9 Å². The average molecular weight is 365 g/mol. The number of amides is 1. The van der Waals surface area contributed by atoms with Gasteiger partial charge in [-0.25, -0.2) is 4.98 Å². The van der Waals surface area contributed by atoms with E-state index in [9.17, 15) is 9.90 Å². The smallest absolute Gasteiger partial charge is 0.267 e. The molecular weight excluding hydrogens is 342 g/mol. The van der Waals surface area contributed by atoms with Crippen LogP contribution in [0, 0.1) is 0 Å². The predicted molar refractivity (Wildman–Crippen MR) is 103 cm³/mol. The van der Waals surface area contributed by atoms with Gasteiger partial charge in [0.05, 0.1) is 17.8 Å². The van der Waals surface area contributed by atoms with Gasteiger partial charge in [0.25, 0.3) is 5.91 Å². The molecule has 0 unspecified atom stereocenters. The molecule has 0 spiro atoms. The summed E-state index contributed by atoms with van der Waals surface area (Å²) in [7, 11) is 1.85. The summed E-state index contributed by atoms with van der Waals surface area (Å²) in [5.41, 5.74) is 9.39. The van der Waals surface area contributed by atoms with Gasteiger partial charge in [0.2, 0.25) is 0 Å². The number of aromatic nitrogens is 3. The molecule has 27 heavy (non-hydrogen) atoms. The number of aliphatic hydroxyl groups excluding tert-OH is 1. The van der Waals surface area contributed by atoms with E-state index in [1.165, 1.54) is 0 Å². The SMILES string of the molecule is Cn1cc(-c2cc(C(N)=O)nc3cc(CN4CCC[C@H](O)C4)ccc23)cn1. The molecule has 140 valence electrons. The predicted octanol–water partition coefficient (Wildman–Crippen LogP) is 1.69. The molecule has 1 aliphatic heterocycles. The van der Waals surface area contributed by atoms with Crippen LogP contribution in [-0.2, 0) is 13.6 Å². The Morgan fingerprint density at radius 2 is 2.22 bits per heavy atom. The lowest BCUT2D eigenvalue weighted by Gasteiger charge is -2.30. The molecule has 1 aliphatic rings. The molecule has 0 radical (unpaired) electrons. The largest absolute Gasteiger partial charge is 0.392 e. The number of nitrogens with zero attached hydrogens (tertiary/aromatic N) is 4. The number of likely N-dealkylation sites (tertiary alicyclic amines) is 1. The van der Waals surface area contributed by atoms with Gasteiger partial charge < -0.3 is 10.8 Å². The van der Waals surface area contributed by atoms with Crippen LogP contribution >= 0.6 is 0 Å². The van der Waals surface area contributed by atoms with Crippen molar-refractivity contribution in [3.63, 3.8) is 0 Å². The van der Waals surface area contributed by atoms with Crippen LogP contribution in [0.2, 0.25) is 0 Å². The number of β-amino-alcohol motifs (C(OH)–C–C–N with tert-alkyl or cyclic N) is 1. The van der Waals surface area contributed by atoms with E-state index in [0.717, 1.165) is 53.5 Å². The molecule has 1 atom stereocenters. The van der Waals surface area contributed by atoms with E-state index in [-0.39, 0.29) is 11.8 Å². The Bertz CT molecular complexity index is 997. The maximum Gasteiger partial charge on any atom is 0.267 e. The molecule has 3 heterocycles. The van der Waals surface area contributed by atoms with E-state index >= 15 is 0 Å². The minimum absolute atomic E-state index is 0.242. The van der Waals surface area contributed by atoms with Gasteiger partial charge in [-0.2, -0.15) is 5.10 Å². The van der Waals surface area contributed by atoms with E-state index in [4.69, 9.17) is 5.73 Å². The number of benzene rings is 1. The number of rotatable bonds is 4. The van der Waals surface area contributed by atoms with Crippen LogP contribution in [0.5, 0.6) is 0 Å². The summed E-state index contributed by atoms with van der Waals surface area (Å²) in [5, 5.41) is 15.1. The van der Waals surface area contributed by atoms with E-state index in [2.05, 4.69) is 21.0 Å². The molecule has 7 nitrogen and oxygen atoms in total. The summed E-state index contributed by atoms with van der Waals surface area (Å²) in [5.74, 6) is -0.549. The van der Waals surface area contributed by atoms with Crippen LogP contribution in [0.15, 0.2) is 36.7 Å². The topological polar surface area (TPSA) is 97.3 Å². The molecule has 1 amide bonds. The quantitative estimate of drug-likeness (QED) is 0.733. The van der Waals surface area contributed by atoms with E-state index in [1.807, 2.05) is 25.4 Å². The number of carbonyl (C=O) groups is 1. The highest BCUT2D eigenvalue weighted by Crippen LogP contribution is 2.29. The summed E-state index contributed by atoms with van der Waals surface area (Å²) < 4.78 is 1.72. The highest BCUT2D eigenvalue weighted by atomic mass is 16.3. The Morgan fingerprint density at radius 1 is 1.37 bits per heavy atom. The molecule has 4 rings (SSSR count). The zero-order valence-electron chi connectivity index (χ0n) is 15.3. The molecule has 0 bridgehead atoms. The molecule has 0 aliphatic carbocycles. The number of hydrogen-bond donors (Lipinski definition) is 2. The summed E-state index contributed by atoms with van der Waals surface area (Å²) in [6.07, 6.45) is 5.29. The first-order valence-electron chi connectivity index (χ1n) is 9.12. The summed E-state index contributed by atoms with van der Waals surface area (Å²) >= 11 is 0. The second-order valence-corrected chi connectivity index (χ2v) is 7.20. The van der Waals surface area contributed by atoms with Gasteiger partial charge >= 0.3 is 0 Å². The number of carbonyl (C=O) groups excluding carboxylic acids is 1. The number of nitrogens with two attached hydrogens (primary N) is 1. The molecule has 1 aromatic carbocycles. The molecule has 3 N–H and O–H groups in total. The third-order valence-electron chi connectivity index (χ3n) is 5.03. The number of pyridine rings is 1. The highest BCUT2D eigenvalue weighted by molar-refractivity contribution is 6.00. The van der Waals surface area contributed by atoms with Gasteiger partial charge in [-0.3, -0.25) is 14.4 Å². The van der Waals surface area contributed by atoms with Gasteiger partial charge in [0.15, 0.2) is 0 Å². The average Bonchev–Trinajstić information content (AvgIpc) is 3.06. The Labute approximate surface area is 157 Å². The fourth-order valence-corrected chi connectivity index (χ4v) is 3.73. The van der Waals surface area contributed by atoms with Crippen LogP contribution in [0.3, 0.4) is 0 Å². The third kappa shape index (κ3) is 3.70. The van der Waals surface area contributed by atoms with Crippen molar-refractivity contribution in [2.24, 2.45) is 12.8 Å². The van der Waals surface area contributed by atoms with Crippen LogP contribution in [0.4, 0.5) is 0 Å². The minimum Gasteiger partial charge on any atom is -0.392 e. The van der Waals surface area contributed by atoms with Crippen molar-refractivity contribution in [2.45, 2.75) is 25.5 Å². The van der Waals surface area contributed by atoms with Crippen LogP contribution < -0.4 is 5.73 Å². The first-order valence-corrected chi connectivity index (χ1v) is 9.12. The minimum atomic E-state index is -0.549. The summed E-state index contributed by atoms with van der Waals surface area (Å²) in [6.45, 7) is 2.41. The van der Waals surface area contributed by atoms with Gasteiger partial charge in [-0.15, -0.1) is 0 Å². The maximum atomic E-state index is 11.8.